The Labute approximate surface area is 163 Å². The number of hydrogen-bond donors (Lipinski definition) is 1. The standard InChI is InChI=1S/C18H13N5O6/c1-22-16(13(9-20-22)14-6-7-17(24)15(8-19)21-14)10-28-18(25)29-12-4-2-11(3-5-12)23(26)27/h2-7,9,24H,10H2,1H3. The zero-order valence-electron chi connectivity index (χ0n) is 15.0. The quantitative estimate of drug-likeness (QED) is 0.297. The highest BCUT2D eigenvalue weighted by molar-refractivity contribution is 5.66. The average molecular weight is 395 g/mol. The number of carbonyl (C=O) groups excluding carboxylic acids is 1. The van der Waals surface area contributed by atoms with Crippen molar-refractivity contribution in [2.45, 2.75) is 6.61 Å². The summed E-state index contributed by atoms with van der Waals surface area (Å²) in [5.41, 5.74) is 1.08. The predicted octanol–water partition coefficient (Wildman–Crippen LogP) is 2.68. The Morgan fingerprint density at radius 3 is 2.69 bits per heavy atom. The molecule has 2 aromatic heterocycles. The number of ether oxygens (including phenoxy) is 2. The summed E-state index contributed by atoms with van der Waals surface area (Å²) in [4.78, 5) is 26.1. The van der Waals surface area contributed by atoms with Crippen molar-refractivity contribution >= 4 is 11.8 Å². The molecule has 11 heteroatoms. The molecule has 0 aliphatic rings. The maximum absolute atomic E-state index is 11.9. The number of nitro groups is 1. The molecule has 0 spiro atoms. The van der Waals surface area contributed by atoms with Gasteiger partial charge in [0.25, 0.3) is 5.69 Å². The molecule has 29 heavy (non-hydrogen) atoms. The van der Waals surface area contributed by atoms with Gasteiger partial charge in [0.2, 0.25) is 0 Å². The lowest BCUT2D eigenvalue weighted by Gasteiger charge is -2.08. The third-order valence-corrected chi connectivity index (χ3v) is 3.89. The monoisotopic (exact) mass is 395 g/mol. The van der Waals surface area contributed by atoms with Gasteiger partial charge >= 0.3 is 6.16 Å². The Bertz CT molecular complexity index is 1120. The van der Waals surface area contributed by atoms with Gasteiger partial charge in [-0.15, -0.1) is 0 Å². The summed E-state index contributed by atoms with van der Waals surface area (Å²) in [5.74, 6) is -0.158. The first-order valence-corrected chi connectivity index (χ1v) is 8.09. The molecule has 0 amide bonds. The SMILES string of the molecule is Cn1ncc(-c2ccc(O)c(C#N)n2)c1COC(=O)Oc1ccc([N+](=O)[O-])cc1. The van der Waals surface area contributed by atoms with Gasteiger partial charge < -0.3 is 14.6 Å². The van der Waals surface area contributed by atoms with E-state index < -0.39 is 11.1 Å². The number of carbonyl (C=O) groups is 1. The van der Waals surface area contributed by atoms with Crippen LogP contribution in [-0.2, 0) is 18.4 Å². The second-order valence-corrected chi connectivity index (χ2v) is 5.70. The zero-order chi connectivity index (χ0) is 21.0. The van der Waals surface area contributed by atoms with Crippen LogP contribution in [0.4, 0.5) is 10.5 Å². The van der Waals surface area contributed by atoms with Crippen LogP contribution in [0.1, 0.15) is 11.4 Å². The molecule has 0 fully saturated rings. The Morgan fingerprint density at radius 2 is 2.03 bits per heavy atom. The minimum atomic E-state index is -1.01. The second-order valence-electron chi connectivity index (χ2n) is 5.70. The minimum absolute atomic E-state index is 0.0877. The third-order valence-electron chi connectivity index (χ3n) is 3.89. The molecular weight excluding hydrogens is 382 g/mol. The van der Waals surface area contributed by atoms with E-state index in [0.29, 0.717) is 17.0 Å². The van der Waals surface area contributed by atoms with Gasteiger partial charge in [0.05, 0.1) is 22.5 Å². The Hall–Kier alpha value is -4.46. The van der Waals surface area contributed by atoms with Crippen LogP contribution in [0.3, 0.4) is 0 Å². The highest BCUT2D eigenvalue weighted by Crippen LogP contribution is 2.25. The smallest absolute Gasteiger partial charge is 0.505 e. The van der Waals surface area contributed by atoms with Gasteiger partial charge in [-0.05, 0) is 24.3 Å². The molecule has 0 bridgehead atoms. The van der Waals surface area contributed by atoms with Crippen molar-refractivity contribution in [1.29, 1.82) is 5.26 Å². The molecule has 1 N–H and O–H groups in total. The van der Waals surface area contributed by atoms with E-state index in [-0.39, 0.29) is 29.5 Å². The summed E-state index contributed by atoms with van der Waals surface area (Å²) in [6, 6.07) is 9.58. The van der Waals surface area contributed by atoms with Crippen LogP contribution in [0.2, 0.25) is 0 Å². The fourth-order valence-corrected chi connectivity index (χ4v) is 2.42. The fourth-order valence-electron chi connectivity index (χ4n) is 2.42. The fraction of sp³-hybridized carbons (Fsp3) is 0.111. The predicted molar refractivity (Wildman–Crippen MR) is 96.7 cm³/mol. The van der Waals surface area contributed by atoms with Crippen LogP contribution < -0.4 is 4.74 Å². The van der Waals surface area contributed by atoms with Crippen molar-refractivity contribution in [3.63, 3.8) is 0 Å². The number of rotatable bonds is 5. The molecule has 0 aliphatic heterocycles. The van der Waals surface area contributed by atoms with E-state index in [1.165, 1.54) is 47.3 Å². The highest BCUT2D eigenvalue weighted by Gasteiger charge is 2.17. The molecule has 0 radical (unpaired) electrons. The average Bonchev–Trinajstić information content (AvgIpc) is 3.07. The molecular formula is C18H13N5O6. The van der Waals surface area contributed by atoms with Crippen LogP contribution in [0.25, 0.3) is 11.3 Å². The number of pyridine rings is 1. The molecule has 0 saturated carbocycles. The number of nitriles is 1. The molecule has 3 aromatic rings. The van der Waals surface area contributed by atoms with Crippen molar-refractivity contribution in [3.05, 3.63) is 64.1 Å². The van der Waals surface area contributed by atoms with Gasteiger partial charge in [-0.1, -0.05) is 0 Å². The Kier molecular flexibility index (Phi) is 5.36. The third kappa shape index (κ3) is 4.28. The Balaban J connectivity index is 1.71. The number of aromatic hydroxyl groups is 1. The number of nitrogens with zero attached hydrogens (tertiary/aromatic N) is 5. The molecule has 11 nitrogen and oxygen atoms in total. The van der Waals surface area contributed by atoms with Gasteiger partial charge in [0, 0.05) is 24.7 Å². The Morgan fingerprint density at radius 1 is 1.31 bits per heavy atom. The van der Waals surface area contributed by atoms with Crippen LogP contribution in [0.5, 0.6) is 11.5 Å². The van der Waals surface area contributed by atoms with Gasteiger partial charge in [0.1, 0.15) is 18.4 Å². The van der Waals surface area contributed by atoms with Crippen molar-refractivity contribution < 1.29 is 24.3 Å². The van der Waals surface area contributed by atoms with Gasteiger partial charge in [0.15, 0.2) is 11.4 Å². The summed E-state index contributed by atoms with van der Waals surface area (Å²) in [6.45, 7) is -0.206. The first-order chi connectivity index (χ1) is 13.9. The lowest BCUT2D eigenvalue weighted by molar-refractivity contribution is -0.384. The maximum Gasteiger partial charge on any atom is 0.514 e. The van der Waals surface area contributed by atoms with Crippen molar-refractivity contribution in [2.75, 3.05) is 0 Å². The number of aromatic nitrogens is 3. The van der Waals surface area contributed by atoms with E-state index in [2.05, 4.69) is 10.1 Å². The lowest BCUT2D eigenvalue weighted by atomic mass is 10.1. The van der Waals surface area contributed by atoms with Crippen LogP contribution >= 0.6 is 0 Å². The molecule has 2 heterocycles. The molecule has 0 atom stereocenters. The summed E-state index contributed by atoms with van der Waals surface area (Å²) >= 11 is 0. The van der Waals surface area contributed by atoms with E-state index in [0.717, 1.165) is 0 Å². The number of aryl methyl sites for hydroxylation is 1. The molecule has 0 aliphatic carbocycles. The van der Waals surface area contributed by atoms with Crippen molar-refractivity contribution in [2.24, 2.45) is 7.05 Å². The topological polar surface area (TPSA) is 153 Å². The molecule has 3 rings (SSSR count). The molecule has 146 valence electrons. The van der Waals surface area contributed by atoms with E-state index in [1.807, 2.05) is 0 Å². The first kappa shape index (κ1) is 19.3. The van der Waals surface area contributed by atoms with E-state index in [4.69, 9.17) is 14.7 Å². The molecule has 0 unspecified atom stereocenters. The van der Waals surface area contributed by atoms with Crippen LogP contribution in [-0.4, -0.2) is 30.9 Å². The van der Waals surface area contributed by atoms with Gasteiger partial charge in [-0.2, -0.15) is 10.4 Å². The van der Waals surface area contributed by atoms with E-state index in [9.17, 15) is 20.0 Å². The summed E-state index contributed by atoms with van der Waals surface area (Å²) in [5, 5.41) is 33.3. The van der Waals surface area contributed by atoms with Gasteiger partial charge in [-0.3, -0.25) is 14.8 Å². The van der Waals surface area contributed by atoms with Crippen LogP contribution in [0.15, 0.2) is 42.6 Å². The number of hydrogen-bond acceptors (Lipinski definition) is 9. The zero-order valence-corrected chi connectivity index (χ0v) is 15.0. The highest BCUT2D eigenvalue weighted by atomic mass is 16.7. The van der Waals surface area contributed by atoms with Crippen molar-refractivity contribution in [1.82, 2.24) is 14.8 Å². The number of benzene rings is 1. The number of non-ortho nitro benzene ring substituents is 1. The summed E-state index contributed by atoms with van der Waals surface area (Å²) < 4.78 is 11.5. The lowest BCUT2D eigenvalue weighted by Crippen LogP contribution is -2.12. The molecule has 0 saturated heterocycles. The maximum atomic E-state index is 11.9. The van der Waals surface area contributed by atoms with Gasteiger partial charge in [-0.25, -0.2) is 9.78 Å². The normalized spacial score (nSPS) is 10.2. The largest absolute Gasteiger partial charge is 0.514 e. The molecule has 1 aromatic carbocycles. The minimum Gasteiger partial charge on any atom is -0.505 e. The van der Waals surface area contributed by atoms with E-state index in [1.54, 1.807) is 13.1 Å². The first-order valence-electron chi connectivity index (χ1n) is 8.09. The number of nitro benzene ring substituents is 1. The summed E-state index contributed by atoms with van der Waals surface area (Å²) in [6.07, 6.45) is 0.475. The van der Waals surface area contributed by atoms with Crippen molar-refractivity contribution in [3.8, 4) is 28.8 Å². The second kappa shape index (κ2) is 8.05. The van der Waals surface area contributed by atoms with Crippen LogP contribution in [0, 0.1) is 21.4 Å². The van der Waals surface area contributed by atoms with E-state index >= 15 is 0 Å². The summed E-state index contributed by atoms with van der Waals surface area (Å²) in [7, 11) is 1.63.